The van der Waals surface area contributed by atoms with E-state index in [-0.39, 0.29) is 11.6 Å². The molecule has 2 atom stereocenters. The van der Waals surface area contributed by atoms with Gasteiger partial charge in [-0.3, -0.25) is 9.48 Å². The highest BCUT2D eigenvalue weighted by Gasteiger charge is 2.61. The number of carbonyl (C=O) groups excluding carboxylic acids is 1. The third-order valence-corrected chi connectivity index (χ3v) is 3.27. The number of nitrogens with zero attached hydrogens (tertiary/aromatic N) is 4. The van der Waals surface area contributed by atoms with Gasteiger partial charge in [-0.05, 0) is 0 Å². The minimum atomic E-state index is -4.99. The van der Waals surface area contributed by atoms with Gasteiger partial charge < -0.3 is 5.11 Å². The molecule has 21 heavy (non-hydrogen) atoms. The molecule has 0 spiro atoms. The van der Waals surface area contributed by atoms with Gasteiger partial charge >= 0.3 is 6.18 Å². The topological polar surface area (TPSA) is 70.7 Å². The molecule has 6 nitrogen and oxygen atoms in total. The van der Waals surface area contributed by atoms with Crippen LogP contribution in [0.2, 0.25) is 5.02 Å². The van der Waals surface area contributed by atoms with Crippen LogP contribution >= 0.6 is 11.6 Å². The molecule has 2 heterocycles. The molecule has 1 aromatic heterocycles. The Hall–Kier alpha value is -1.61. The molecular formula is C11H12ClF3N4O2. The van der Waals surface area contributed by atoms with Crippen LogP contribution in [-0.2, 0) is 11.3 Å². The molecule has 0 unspecified atom stereocenters. The van der Waals surface area contributed by atoms with Crippen LogP contribution in [0.3, 0.4) is 0 Å². The van der Waals surface area contributed by atoms with Gasteiger partial charge in [-0.1, -0.05) is 18.5 Å². The van der Waals surface area contributed by atoms with Gasteiger partial charge in [-0.15, -0.1) is 0 Å². The van der Waals surface area contributed by atoms with E-state index in [9.17, 15) is 23.1 Å². The van der Waals surface area contributed by atoms with Crippen LogP contribution in [0.4, 0.5) is 13.2 Å². The number of aliphatic hydroxyl groups is 1. The molecule has 0 bridgehead atoms. The van der Waals surface area contributed by atoms with Crippen LogP contribution in [0.15, 0.2) is 17.5 Å². The fraction of sp³-hybridized carbons (Fsp3) is 0.545. The van der Waals surface area contributed by atoms with Gasteiger partial charge in [0.25, 0.3) is 5.72 Å². The summed E-state index contributed by atoms with van der Waals surface area (Å²) in [4.78, 5) is 12.1. The Bertz CT molecular complexity index is 574. The number of rotatable bonds is 3. The first-order valence-corrected chi connectivity index (χ1v) is 6.36. The Morgan fingerprint density at radius 2 is 2.29 bits per heavy atom. The highest BCUT2D eigenvalue weighted by Crippen LogP contribution is 2.39. The summed E-state index contributed by atoms with van der Waals surface area (Å²) in [5, 5.41) is 17.3. The van der Waals surface area contributed by atoms with E-state index in [1.54, 1.807) is 0 Å². The Labute approximate surface area is 122 Å². The summed E-state index contributed by atoms with van der Waals surface area (Å²) in [6.07, 6.45) is -2.13. The Balaban J connectivity index is 2.13. The number of amides is 1. The zero-order chi connectivity index (χ0) is 15.8. The molecule has 2 rings (SSSR count). The van der Waals surface area contributed by atoms with E-state index in [2.05, 4.69) is 10.2 Å². The van der Waals surface area contributed by atoms with Crippen LogP contribution in [0.1, 0.15) is 13.3 Å². The number of aromatic nitrogens is 2. The van der Waals surface area contributed by atoms with Gasteiger partial charge in [0, 0.05) is 18.8 Å². The lowest BCUT2D eigenvalue weighted by atomic mass is 10.1. The van der Waals surface area contributed by atoms with Gasteiger partial charge in [0.2, 0.25) is 5.91 Å². The molecule has 1 N–H and O–H groups in total. The molecular weight excluding hydrogens is 313 g/mol. The lowest BCUT2D eigenvalue weighted by molar-refractivity contribution is -0.303. The molecule has 0 radical (unpaired) electrons. The van der Waals surface area contributed by atoms with E-state index in [1.807, 2.05) is 0 Å². The van der Waals surface area contributed by atoms with E-state index < -0.39 is 30.1 Å². The predicted octanol–water partition coefficient (Wildman–Crippen LogP) is 1.64. The Morgan fingerprint density at radius 3 is 2.81 bits per heavy atom. The van der Waals surface area contributed by atoms with Crippen LogP contribution in [0, 0.1) is 5.92 Å². The fourth-order valence-corrected chi connectivity index (χ4v) is 2.07. The van der Waals surface area contributed by atoms with Crippen molar-refractivity contribution in [2.45, 2.75) is 31.8 Å². The third kappa shape index (κ3) is 2.88. The average Bonchev–Trinajstić information content (AvgIpc) is 2.95. The fourth-order valence-electron chi connectivity index (χ4n) is 1.91. The first-order valence-electron chi connectivity index (χ1n) is 5.99. The molecule has 116 valence electrons. The van der Waals surface area contributed by atoms with E-state index >= 15 is 0 Å². The van der Waals surface area contributed by atoms with E-state index in [4.69, 9.17) is 11.6 Å². The van der Waals surface area contributed by atoms with Crippen molar-refractivity contribution >= 4 is 23.7 Å². The molecule has 1 aliphatic rings. The number of carbonyl (C=O) groups is 1. The summed E-state index contributed by atoms with van der Waals surface area (Å²) in [6, 6.07) is 0. The van der Waals surface area contributed by atoms with E-state index in [0.717, 1.165) is 6.21 Å². The maximum atomic E-state index is 12.9. The Morgan fingerprint density at radius 1 is 1.62 bits per heavy atom. The smallest absolute Gasteiger partial charge is 0.362 e. The van der Waals surface area contributed by atoms with Crippen LogP contribution in [0.25, 0.3) is 0 Å². The van der Waals surface area contributed by atoms with Gasteiger partial charge in [-0.25, -0.2) is 0 Å². The quantitative estimate of drug-likeness (QED) is 0.919. The van der Waals surface area contributed by atoms with E-state index in [0.29, 0.717) is 5.02 Å². The van der Waals surface area contributed by atoms with Crippen molar-refractivity contribution in [1.82, 2.24) is 14.8 Å². The summed E-state index contributed by atoms with van der Waals surface area (Å²) < 4.78 is 40.0. The highest BCUT2D eigenvalue weighted by atomic mass is 35.5. The zero-order valence-electron chi connectivity index (χ0n) is 10.9. The normalized spacial score (nSPS) is 23.6. The second-order valence-electron chi connectivity index (χ2n) is 4.75. The Kier molecular flexibility index (Phi) is 3.98. The lowest BCUT2D eigenvalue weighted by Gasteiger charge is -2.33. The molecule has 0 fully saturated rings. The maximum absolute atomic E-state index is 12.9. The maximum Gasteiger partial charge on any atom is 0.438 e. The minimum absolute atomic E-state index is 0.0194. The van der Waals surface area contributed by atoms with Crippen molar-refractivity contribution < 1.29 is 23.1 Å². The number of hydrazone groups is 1. The van der Waals surface area contributed by atoms with Crippen molar-refractivity contribution in [3.8, 4) is 0 Å². The van der Waals surface area contributed by atoms with Crippen molar-refractivity contribution in [2.24, 2.45) is 11.0 Å². The van der Waals surface area contributed by atoms with E-state index in [1.165, 1.54) is 24.0 Å². The first-order chi connectivity index (χ1) is 9.65. The molecule has 0 saturated carbocycles. The summed E-state index contributed by atoms with van der Waals surface area (Å²) in [7, 11) is 0. The molecule has 0 saturated heterocycles. The second kappa shape index (κ2) is 5.30. The van der Waals surface area contributed by atoms with Crippen molar-refractivity contribution in [2.75, 3.05) is 0 Å². The number of halogens is 4. The highest BCUT2D eigenvalue weighted by molar-refractivity contribution is 6.30. The average molecular weight is 325 g/mol. The third-order valence-electron chi connectivity index (χ3n) is 3.07. The molecule has 0 aromatic carbocycles. The van der Waals surface area contributed by atoms with Crippen molar-refractivity contribution in [3.05, 3.63) is 17.4 Å². The molecule has 1 aromatic rings. The van der Waals surface area contributed by atoms with Crippen molar-refractivity contribution in [1.29, 1.82) is 0 Å². The summed E-state index contributed by atoms with van der Waals surface area (Å²) >= 11 is 5.66. The molecule has 0 aliphatic carbocycles. The van der Waals surface area contributed by atoms with Crippen LogP contribution in [0.5, 0.6) is 0 Å². The number of alkyl halides is 3. The molecule has 1 amide bonds. The van der Waals surface area contributed by atoms with Gasteiger partial charge in [0.05, 0.1) is 23.7 Å². The van der Waals surface area contributed by atoms with Crippen LogP contribution < -0.4 is 0 Å². The zero-order valence-corrected chi connectivity index (χ0v) is 11.6. The van der Waals surface area contributed by atoms with Gasteiger partial charge in [0.15, 0.2) is 0 Å². The minimum Gasteiger partial charge on any atom is -0.362 e. The van der Waals surface area contributed by atoms with Crippen LogP contribution in [-0.4, -0.2) is 43.9 Å². The largest absolute Gasteiger partial charge is 0.438 e. The van der Waals surface area contributed by atoms with Gasteiger partial charge in [0.1, 0.15) is 0 Å². The summed E-state index contributed by atoms with van der Waals surface area (Å²) in [5.41, 5.74) is -3.29. The number of hydrogen-bond donors (Lipinski definition) is 1. The summed E-state index contributed by atoms with van der Waals surface area (Å²) in [5.74, 6) is -1.82. The lowest BCUT2D eigenvalue weighted by Crippen LogP contribution is -2.57. The SMILES string of the molecule is C[C@H](Cn1cc(Cl)cn1)C(=O)N1N=CC[C@]1(O)C(F)(F)F. The standard InChI is InChI=1S/C11H12ClF3N4O2/c1-7(5-18-6-8(12)4-17-18)9(20)19-10(21,2-3-16-19)11(13,14)15/h3-4,6-7,21H,2,5H2,1H3/t7-,10+/m1/s1. The van der Waals surface area contributed by atoms with Crippen molar-refractivity contribution in [3.63, 3.8) is 0 Å². The monoisotopic (exact) mass is 324 g/mol. The molecule has 10 heteroatoms. The second-order valence-corrected chi connectivity index (χ2v) is 5.18. The molecule has 1 aliphatic heterocycles. The summed E-state index contributed by atoms with van der Waals surface area (Å²) in [6.45, 7) is 1.44. The number of hydrogen-bond acceptors (Lipinski definition) is 4. The predicted molar refractivity (Wildman–Crippen MR) is 67.4 cm³/mol. The first kappa shape index (κ1) is 15.8. The van der Waals surface area contributed by atoms with Gasteiger partial charge in [-0.2, -0.15) is 28.4 Å².